The van der Waals surface area contributed by atoms with Gasteiger partial charge in [0.1, 0.15) is 12.0 Å². The fourth-order valence-electron chi connectivity index (χ4n) is 2.41. The Morgan fingerprint density at radius 1 is 1.48 bits per heavy atom. The van der Waals surface area contributed by atoms with Crippen LogP contribution in [0.25, 0.3) is 10.8 Å². The Bertz CT molecular complexity index is 618. The minimum Gasteiger partial charge on any atom is -0.443 e. The lowest BCUT2D eigenvalue weighted by Crippen LogP contribution is -2.40. The molecule has 2 aromatic rings. The smallest absolute Gasteiger partial charge is 0.236 e. The molecule has 3 rings (SSSR count). The first-order valence-electron chi connectivity index (χ1n) is 7.97. The first-order valence-corrected chi connectivity index (χ1v) is 9.90. The molecule has 0 spiro atoms. The lowest BCUT2D eigenvalue weighted by Gasteiger charge is -2.14. The zero-order chi connectivity index (χ0) is 15.9. The van der Waals surface area contributed by atoms with Crippen LogP contribution in [0.1, 0.15) is 25.5 Å². The first kappa shape index (κ1) is 16.4. The highest BCUT2D eigenvalue weighted by molar-refractivity contribution is 8.00. The Morgan fingerprint density at radius 3 is 3.17 bits per heavy atom. The van der Waals surface area contributed by atoms with Crippen LogP contribution in [0, 0.1) is 0 Å². The molecule has 0 amide bonds. The quantitative estimate of drug-likeness (QED) is 0.618. The topological polar surface area (TPSA) is 62.5 Å². The van der Waals surface area contributed by atoms with Gasteiger partial charge in [-0.25, -0.2) is 9.98 Å². The molecule has 0 aromatic carbocycles. The van der Waals surface area contributed by atoms with Crippen molar-refractivity contribution in [2.75, 3.05) is 18.8 Å². The molecule has 1 aliphatic heterocycles. The summed E-state index contributed by atoms with van der Waals surface area (Å²) in [5.74, 6) is 2.80. The van der Waals surface area contributed by atoms with Gasteiger partial charge in [0.2, 0.25) is 5.89 Å². The standard InChI is InChI=1S/C16H22N4OS2/c1-2-17-16(19-10-13-5-3-7-22-13)18-9-12-11-21-15(20-12)14-6-4-8-23-14/h4,6,8,11,13H,2-3,5,7,9-10H2,1H3,(H2,17,18,19). The van der Waals surface area contributed by atoms with E-state index in [9.17, 15) is 0 Å². The van der Waals surface area contributed by atoms with Crippen molar-refractivity contribution in [2.45, 2.75) is 31.6 Å². The van der Waals surface area contributed by atoms with E-state index in [4.69, 9.17) is 4.42 Å². The van der Waals surface area contributed by atoms with Crippen LogP contribution in [0.5, 0.6) is 0 Å². The number of nitrogens with one attached hydrogen (secondary N) is 2. The summed E-state index contributed by atoms with van der Waals surface area (Å²) in [7, 11) is 0. The lowest BCUT2D eigenvalue weighted by molar-refractivity contribution is 0.574. The van der Waals surface area contributed by atoms with Crippen molar-refractivity contribution in [3.8, 4) is 10.8 Å². The SMILES string of the molecule is CCNC(=NCc1coc(-c2cccs2)n1)NCC1CCCS1. The van der Waals surface area contributed by atoms with Crippen molar-refractivity contribution < 1.29 is 4.42 Å². The molecule has 0 aliphatic carbocycles. The average Bonchev–Trinajstić information content (AvgIpc) is 3.32. The molecule has 3 heterocycles. The maximum Gasteiger partial charge on any atom is 0.236 e. The van der Waals surface area contributed by atoms with Crippen LogP contribution < -0.4 is 10.6 Å². The average molecular weight is 351 g/mol. The number of aliphatic imine (C=N–C) groups is 1. The van der Waals surface area contributed by atoms with E-state index >= 15 is 0 Å². The van der Waals surface area contributed by atoms with E-state index in [1.165, 1.54) is 18.6 Å². The highest BCUT2D eigenvalue weighted by atomic mass is 32.2. The largest absolute Gasteiger partial charge is 0.443 e. The van der Waals surface area contributed by atoms with Crippen molar-refractivity contribution in [1.82, 2.24) is 15.6 Å². The second-order valence-electron chi connectivity index (χ2n) is 5.33. The summed E-state index contributed by atoms with van der Waals surface area (Å²) in [4.78, 5) is 10.1. The first-order chi connectivity index (χ1) is 11.3. The predicted octanol–water partition coefficient (Wildman–Crippen LogP) is 3.35. The number of thiophene rings is 1. The molecule has 7 heteroatoms. The van der Waals surface area contributed by atoms with Crippen LogP contribution in [0.2, 0.25) is 0 Å². The van der Waals surface area contributed by atoms with Gasteiger partial charge in [-0.05, 0) is 37.0 Å². The molecule has 1 unspecified atom stereocenters. The van der Waals surface area contributed by atoms with Gasteiger partial charge in [0.25, 0.3) is 0 Å². The fourth-order valence-corrected chi connectivity index (χ4v) is 4.27. The monoisotopic (exact) mass is 350 g/mol. The van der Waals surface area contributed by atoms with Crippen LogP contribution in [0.3, 0.4) is 0 Å². The van der Waals surface area contributed by atoms with Crippen molar-refractivity contribution in [2.24, 2.45) is 4.99 Å². The molecule has 2 aromatic heterocycles. The zero-order valence-electron chi connectivity index (χ0n) is 13.2. The lowest BCUT2D eigenvalue weighted by atomic mass is 10.2. The van der Waals surface area contributed by atoms with Gasteiger partial charge in [-0.3, -0.25) is 0 Å². The van der Waals surface area contributed by atoms with Gasteiger partial charge < -0.3 is 15.1 Å². The van der Waals surface area contributed by atoms with Gasteiger partial charge in [0, 0.05) is 18.3 Å². The number of thioether (sulfide) groups is 1. The Labute approximate surface area is 145 Å². The third kappa shape index (κ3) is 4.75. The van der Waals surface area contributed by atoms with Crippen molar-refractivity contribution in [3.05, 3.63) is 29.5 Å². The van der Waals surface area contributed by atoms with Gasteiger partial charge in [0.15, 0.2) is 5.96 Å². The number of guanidine groups is 1. The molecule has 5 nitrogen and oxygen atoms in total. The van der Waals surface area contributed by atoms with Gasteiger partial charge in [0.05, 0.1) is 11.4 Å². The van der Waals surface area contributed by atoms with Crippen molar-refractivity contribution in [3.63, 3.8) is 0 Å². The number of nitrogens with zero attached hydrogens (tertiary/aromatic N) is 2. The Kier molecular flexibility index (Phi) is 5.99. The summed E-state index contributed by atoms with van der Waals surface area (Å²) < 4.78 is 5.53. The molecule has 1 saturated heterocycles. The van der Waals surface area contributed by atoms with Gasteiger partial charge in [-0.1, -0.05) is 6.07 Å². The highest BCUT2D eigenvalue weighted by Crippen LogP contribution is 2.25. The van der Waals surface area contributed by atoms with E-state index in [0.29, 0.717) is 17.7 Å². The van der Waals surface area contributed by atoms with E-state index in [0.717, 1.165) is 29.6 Å². The summed E-state index contributed by atoms with van der Waals surface area (Å²) in [6.07, 6.45) is 4.31. The minimum atomic E-state index is 0.516. The summed E-state index contributed by atoms with van der Waals surface area (Å²) in [6, 6.07) is 4.00. The number of oxazole rings is 1. The Hall–Kier alpha value is -1.47. The van der Waals surface area contributed by atoms with E-state index in [-0.39, 0.29) is 0 Å². The third-order valence-electron chi connectivity index (χ3n) is 3.55. The zero-order valence-corrected chi connectivity index (χ0v) is 14.9. The molecule has 0 saturated carbocycles. The Morgan fingerprint density at radius 2 is 2.43 bits per heavy atom. The normalized spacial score (nSPS) is 18.3. The van der Waals surface area contributed by atoms with Crippen LogP contribution >= 0.6 is 23.1 Å². The van der Waals surface area contributed by atoms with Crippen molar-refractivity contribution >= 4 is 29.1 Å². The van der Waals surface area contributed by atoms with Crippen LogP contribution in [-0.2, 0) is 6.54 Å². The maximum atomic E-state index is 5.53. The van der Waals surface area contributed by atoms with Crippen LogP contribution in [0.4, 0.5) is 0 Å². The van der Waals surface area contributed by atoms with Gasteiger partial charge in [-0.2, -0.15) is 11.8 Å². The van der Waals surface area contributed by atoms with E-state index < -0.39 is 0 Å². The molecule has 2 N–H and O–H groups in total. The molecule has 124 valence electrons. The van der Waals surface area contributed by atoms with E-state index in [1.807, 2.05) is 29.3 Å². The number of hydrogen-bond donors (Lipinski definition) is 2. The number of aromatic nitrogens is 1. The molecule has 1 fully saturated rings. The molecule has 23 heavy (non-hydrogen) atoms. The molecule has 1 atom stereocenters. The van der Waals surface area contributed by atoms with Crippen LogP contribution in [-0.4, -0.2) is 35.0 Å². The fraction of sp³-hybridized carbons (Fsp3) is 0.500. The minimum absolute atomic E-state index is 0.516. The molecule has 0 radical (unpaired) electrons. The molecule has 1 aliphatic rings. The number of rotatable bonds is 6. The second kappa shape index (κ2) is 8.40. The predicted molar refractivity (Wildman–Crippen MR) is 98.1 cm³/mol. The molecule has 0 bridgehead atoms. The molecular formula is C16H22N4OS2. The third-order valence-corrected chi connectivity index (χ3v) is 5.80. The van der Waals surface area contributed by atoms with Crippen molar-refractivity contribution in [1.29, 1.82) is 0 Å². The van der Waals surface area contributed by atoms with Gasteiger partial charge in [-0.15, -0.1) is 11.3 Å². The molecular weight excluding hydrogens is 328 g/mol. The maximum absolute atomic E-state index is 5.53. The summed E-state index contributed by atoms with van der Waals surface area (Å²) in [5.41, 5.74) is 0.848. The van der Waals surface area contributed by atoms with E-state index in [1.54, 1.807) is 17.6 Å². The summed E-state index contributed by atoms with van der Waals surface area (Å²) in [6.45, 7) is 4.41. The second-order valence-corrected chi connectivity index (χ2v) is 7.69. The number of hydrogen-bond acceptors (Lipinski definition) is 5. The Balaban J connectivity index is 1.56. The van der Waals surface area contributed by atoms with Gasteiger partial charge >= 0.3 is 0 Å². The summed E-state index contributed by atoms with van der Waals surface area (Å²) >= 11 is 3.67. The van der Waals surface area contributed by atoms with Crippen LogP contribution in [0.15, 0.2) is 33.2 Å². The highest BCUT2D eigenvalue weighted by Gasteiger charge is 2.15. The summed E-state index contributed by atoms with van der Waals surface area (Å²) in [5, 5.41) is 9.44. The van der Waals surface area contributed by atoms with E-state index in [2.05, 4.69) is 27.5 Å².